The van der Waals surface area contributed by atoms with E-state index in [4.69, 9.17) is 27.9 Å². The first-order valence-corrected chi connectivity index (χ1v) is 10.7. The summed E-state index contributed by atoms with van der Waals surface area (Å²) >= 11 is 12.4. The van der Waals surface area contributed by atoms with Gasteiger partial charge in [-0.2, -0.15) is 4.72 Å². The van der Waals surface area contributed by atoms with Crippen LogP contribution < -0.4 is 9.46 Å². The van der Waals surface area contributed by atoms with E-state index < -0.39 is 16.1 Å². The molecule has 1 N–H and O–H groups in total. The summed E-state index contributed by atoms with van der Waals surface area (Å²) in [6.07, 6.45) is 0. The third-order valence-corrected chi connectivity index (χ3v) is 6.87. The molecule has 1 atom stereocenters. The maximum atomic E-state index is 13.2. The van der Waals surface area contributed by atoms with Gasteiger partial charge in [0.25, 0.3) is 0 Å². The van der Waals surface area contributed by atoms with Crippen molar-refractivity contribution in [2.24, 2.45) is 0 Å². The van der Waals surface area contributed by atoms with E-state index in [-0.39, 0.29) is 14.9 Å². The van der Waals surface area contributed by atoms with Gasteiger partial charge in [-0.3, -0.25) is 0 Å². The van der Waals surface area contributed by atoms with Crippen molar-refractivity contribution in [2.75, 3.05) is 7.11 Å². The van der Waals surface area contributed by atoms with Crippen LogP contribution in [0.25, 0.3) is 0 Å². The molecule has 0 bridgehead atoms. The first-order chi connectivity index (χ1) is 13.3. The Kier molecular flexibility index (Phi) is 6.30. The summed E-state index contributed by atoms with van der Waals surface area (Å²) in [7, 11) is -2.53. The van der Waals surface area contributed by atoms with E-state index in [0.29, 0.717) is 5.75 Å². The zero-order valence-corrected chi connectivity index (χ0v) is 17.6. The van der Waals surface area contributed by atoms with Crippen molar-refractivity contribution in [3.8, 4) is 5.75 Å². The van der Waals surface area contributed by atoms with Gasteiger partial charge in [0.2, 0.25) is 10.0 Å². The lowest BCUT2D eigenvalue weighted by Gasteiger charge is -2.22. The highest BCUT2D eigenvalue weighted by molar-refractivity contribution is 7.89. The van der Waals surface area contributed by atoms with Crippen LogP contribution in [0.15, 0.2) is 71.6 Å². The largest absolute Gasteiger partial charge is 0.495 e. The van der Waals surface area contributed by atoms with Gasteiger partial charge in [-0.15, -0.1) is 0 Å². The van der Waals surface area contributed by atoms with Crippen LogP contribution in [-0.2, 0) is 10.0 Å². The zero-order chi connectivity index (χ0) is 20.3. The van der Waals surface area contributed by atoms with Gasteiger partial charge in [-0.05, 0) is 35.7 Å². The number of halogens is 2. The van der Waals surface area contributed by atoms with Crippen molar-refractivity contribution in [2.45, 2.75) is 17.9 Å². The molecular weight excluding hydrogens is 417 g/mol. The van der Waals surface area contributed by atoms with Crippen LogP contribution in [0.5, 0.6) is 5.75 Å². The van der Waals surface area contributed by atoms with Crippen LogP contribution in [-0.4, -0.2) is 15.5 Å². The molecular formula is C21H19Cl2NO3S. The minimum atomic E-state index is -3.97. The van der Waals surface area contributed by atoms with E-state index in [1.54, 1.807) is 0 Å². The Morgan fingerprint density at radius 3 is 2.18 bits per heavy atom. The molecule has 0 aliphatic carbocycles. The topological polar surface area (TPSA) is 55.4 Å². The number of nitrogens with one attached hydrogen (secondary N) is 1. The van der Waals surface area contributed by atoms with Gasteiger partial charge >= 0.3 is 0 Å². The lowest BCUT2D eigenvalue weighted by atomic mass is 9.96. The Labute approximate surface area is 175 Å². The predicted molar refractivity (Wildman–Crippen MR) is 113 cm³/mol. The SMILES string of the molecule is COc1ccc(S(=O)(=O)N[C@H](c2ccccc2)c2ccccc2C)c(Cl)c1Cl. The summed E-state index contributed by atoms with van der Waals surface area (Å²) in [4.78, 5) is -0.102. The number of hydrogen-bond acceptors (Lipinski definition) is 3. The molecule has 0 unspecified atom stereocenters. The smallest absolute Gasteiger partial charge is 0.242 e. The fourth-order valence-corrected chi connectivity index (χ4v) is 5.01. The number of methoxy groups -OCH3 is 1. The molecule has 0 aliphatic rings. The first kappa shape index (κ1) is 20.7. The summed E-state index contributed by atoms with van der Waals surface area (Å²) in [6, 6.07) is 19.3. The van der Waals surface area contributed by atoms with Gasteiger partial charge in [0.15, 0.2) is 0 Å². The molecule has 0 aliphatic heterocycles. The monoisotopic (exact) mass is 435 g/mol. The minimum absolute atomic E-state index is 0.0548. The summed E-state index contributed by atoms with van der Waals surface area (Å²) in [6.45, 7) is 1.94. The standard InChI is InChI=1S/C21H19Cl2NO3S/c1-14-8-6-7-11-16(14)21(15-9-4-3-5-10-15)24-28(25,26)18-13-12-17(27-2)19(22)20(18)23/h3-13,21,24H,1-2H3/t21-/m1/s1. The molecule has 146 valence electrons. The average Bonchev–Trinajstić information content (AvgIpc) is 2.69. The highest BCUT2D eigenvalue weighted by Gasteiger charge is 2.27. The molecule has 0 spiro atoms. The van der Waals surface area contributed by atoms with E-state index >= 15 is 0 Å². The summed E-state index contributed by atoms with van der Waals surface area (Å²) in [5.41, 5.74) is 2.64. The Bertz CT molecular complexity index is 1090. The second kappa shape index (κ2) is 8.53. The van der Waals surface area contributed by atoms with Crippen molar-refractivity contribution in [1.29, 1.82) is 0 Å². The van der Waals surface area contributed by atoms with Crippen molar-refractivity contribution < 1.29 is 13.2 Å². The van der Waals surface area contributed by atoms with Crippen LogP contribution in [0.4, 0.5) is 0 Å². The highest BCUT2D eigenvalue weighted by atomic mass is 35.5. The highest BCUT2D eigenvalue weighted by Crippen LogP contribution is 2.37. The molecule has 3 rings (SSSR count). The number of benzene rings is 3. The van der Waals surface area contributed by atoms with E-state index in [1.165, 1.54) is 19.2 Å². The summed E-state index contributed by atoms with van der Waals surface area (Å²) < 4.78 is 34.2. The van der Waals surface area contributed by atoms with E-state index in [0.717, 1.165) is 16.7 Å². The van der Waals surface area contributed by atoms with Gasteiger partial charge in [0.05, 0.1) is 18.2 Å². The third-order valence-electron chi connectivity index (χ3n) is 4.43. The second-order valence-electron chi connectivity index (χ2n) is 6.22. The van der Waals surface area contributed by atoms with Crippen molar-refractivity contribution in [3.05, 3.63) is 93.5 Å². The van der Waals surface area contributed by atoms with Gasteiger partial charge < -0.3 is 4.74 Å². The Balaban J connectivity index is 2.09. The molecule has 0 fully saturated rings. The number of sulfonamides is 1. The van der Waals surface area contributed by atoms with Gasteiger partial charge in [0.1, 0.15) is 15.7 Å². The fraction of sp³-hybridized carbons (Fsp3) is 0.143. The molecule has 7 heteroatoms. The predicted octanol–water partition coefficient (Wildman–Crippen LogP) is 5.38. The maximum absolute atomic E-state index is 13.2. The van der Waals surface area contributed by atoms with Crippen LogP contribution >= 0.6 is 23.2 Å². The quantitative estimate of drug-likeness (QED) is 0.565. The molecule has 0 heterocycles. The van der Waals surface area contributed by atoms with E-state index in [9.17, 15) is 8.42 Å². The molecule has 0 aromatic heterocycles. The van der Waals surface area contributed by atoms with Crippen LogP contribution in [0, 0.1) is 6.92 Å². The normalized spacial score (nSPS) is 12.6. The van der Waals surface area contributed by atoms with Gasteiger partial charge in [0, 0.05) is 0 Å². The molecule has 0 radical (unpaired) electrons. The van der Waals surface area contributed by atoms with Crippen LogP contribution in [0.3, 0.4) is 0 Å². The Morgan fingerprint density at radius 1 is 0.893 bits per heavy atom. The number of ether oxygens (including phenoxy) is 1. The summed E-state index contributed by atoms with van der Waals surface area (Å²) in [5.74, 6) is 0.309. The Hall–Kier alpha value is -2.05. The minimum Gasteiger partial charge on any atom is -0.495 e. The lowest BCUT2D eigenvalue weighted by molar-refractivity contribution is 0.414. The van der Waals surface area contributed by atoms with E-state index in [2.05, 4.69) is 4.72 Å². The fourth-order valence-electron chi connectivity index (χ4n) is 2.97. The third kappa shape index (κ3) is 4.18. The van der Waals surface area contributed by atoms with Crippen LogP contribution in [0.2, 0.25) is 10.0 Å². The molecule has 0 saturated heterocycles. The van der Waals surface area contributed by atoms with Gasteiger partial charge in [-0.1, -0.05) is 77.8 Å². The lowest BCUT2D eigenvalue weighted by Crippen LogP contribution is -2.30. The number of hydrogen-bond donors (Lipinski definition) is 1. The molecule has 0 saturated carbocycles. The van der Waals surface area contributed by atoms with Gasteiger partial charge in [-0.25, -0.2) is 8.42 Å². The zero-order valence-electron chi connectivity index (χ0n) is 15.3. The number of aryl methyl sites for hydroxylation is 1. The van der Waals surface area contributed by atoms with E-state index in [1.807, 2.05) is 61.5 Å². The average molecular weight is 436 g/mol. The molecule has 0 amide bonds. The molecule has 28 heavy (non-hydrogen) atoms. The van der Waals surface area contributed by atoms with Crippen molar-refractivity contribution in [3.63, 3.8) is 0 Å². The van der Waals surface area contributed by atoms with Crippen molar-refractivity contribution >= 4 is 33.2 Å². The summed E-state index contributed by atoms with van der Waals surface area (Å²) in [5, 5.41) is -0.0238. The maximum Gasteiger partial charge on any atom is 0.242 e. The van der Waals surface area contributed by atoms with Crippen LogP contribution in [0.1, 0.15) is 22.7 Å². The second-order valence-corrected chi connectivity index (χ2v) is 8.65. The first-order valence-electron chi connectivity index (χ1n) is 8.50. The molecule has 3 aromatic rings. The number of rotatable bonds is 6. The van der Waals surface area contributed by atoms with Crippen molar-refractivity contribution in [1.82, 2.24) is 4.72 Å². The molecule has 4 nitrogen and oxygen atoms in total. The Morgan fingerprint density at radius 2 is 1.54 bits per heavy atom. The molecule has 3 aromatic carbocycles.